The summed E-state index contributed by atoms with van der Waals surface area (Å²) >= 11 is 16.2. The summed E-state index contributed by atoms with van der Waals surface area (Å²) in [5.74, 6) is -4.99. The number of aromatic nitrogens is 8. The number of fused-ring (bicyclic) bond motifs is 4. The lowest BCUT2D eigenvalue weighted by atomic mass is 10.1. The highest BCUT2D eigenvalue weighted by molar-refractivity contribution is 9.09. The summed E-state index contributed by atoms with van der Waals surface area (Å²) in [6.45, 7) is 37.5. The highest BCUT2D eigenvalue weighted by Gasteiger charge is 2.60. The van der Waals surface area contributed by atoms with Crippen LogP contribution in [0.2, 0.25) is 10.6 Å². The summed E-state index contributed by atoms with van der Waals surface area (Å²) in [4.78, 5) is 98.2. The molecular weight excluding hydrogens is 1570 g/mol. The van der Waals surface area contributed by atoms with Crippen molar-refractivity contribution in [3.05, 3.63) is 23.0 Å². The maximum atomic E-state index is 14.0. The van der Waals surface area contributed by atoms with Crippen LogP contribution >= 0.6 is 53.4 Å². The van der Waals surface area contributed by atoms with Crippen LogP contribution in [0.25, 0.3) is 22.1 Å². The molecule has 4 aromatic heterocycles. The quantitative estimate of drug-likeness (QED) is 0.0219. The lowest BCUT2D eigenvalue weighted by Gasteiger charge is -2.36. The first-order chi connectivity index (χ1) is 50.4. The second kappa shape index (κ2) is 35.2. The molecule has 10 atom stereocenters. The minimum Gasteiger partial charge on any atom is -0.464 e. The van der Waals surface area contributed by atoms with Gasteiger partial charge in [-0.05, 0) is 200 Å². The maximum absolute atomic E-state index is 14.0. The van der Waals surface area contributed by atoms with E-state index in [2.05, 4.69) is 46.1 Å². The van der Waals surface area contributed by atoms with Gasteiger partial charge in [0.25, 0.3) is 0 Å². The summed E-state index contributed by atoms with van der Waals surface area (Å²) in [7, 11) is -6.52. The molecule has 2 saturated carbocycles. The van der Waals surface area contributed by atoms with Crippen LogP contribution < -0.4 is 9.80 Å². The number of halogens is 3. The fraction of sp³-hybridized carbons (Fsp3) is 0.778. The third-order valence-corrected chi connectivity index (χ3v) is 22.3. The van der Waals surface area contributed by atoms with E-state index in [0.29, 0.717) is 34.0 Å². The number of carbonyl (C=O) groups excluding carboxylic acids is 6. The number of ether oxygens (including phenoxy) is 14. The average molecular weight is 1680 g/mol. The molecule has 2 aliphatic carbocycles. The Labute approximate surface area is 656 Å². The molecule has 2 amide bonds. The molecule has 0 spiro atoms. The number of rotatable bonds is 23. The van der Waals surface area contributed by atoms with Crippen molar-refractivity contribution in [1.29, 1.82) is 0 Å². The van der Waals surface area contributed by atoms with E-state index in [4.69, 9.17) is 89.5 Å². The van der Waals surface area contributed by atoms with Gasteiger partial charge in [-0.25, -0.2) is 28.5 Å². The van der Waals surface area contributed by atoms with Gasteiger partial charge in [-0.2, -0.15) is 30.1 Å². The van der Waals surface area contributed by atoms with Gasteiger partial charge < -0.3 is 75.4 Å². The molecule has 6 fully saturated rings. The molecule has 10 rings (SSSR count). The van der Waals surface area contributed by atoms with Crippen LogP contribution in [-0.2, 0) is 94.6 Å². The fourth-order valence-electron chi connectivity index (χ4n) is 13.6. The Balaban J connectivity index is 0.000000246. The molecule has 612 valence electrons. The number of anilines is 2. The van der Waals surface area contributed by atoms with Crippen molar-refractivity contribution in [2.45, 2.75) is 302 Å². The second-order valence-electron chi connectivity index (χ2n) is 33.3. The van der Waals surface area contributed by atoms with Crippen LogP contribution in [0.1, 0.15) is 208 Å². The topological polar surface area (TPSA) is 359 Å². The number of nitrogens with zero attached hydrogens (tertiary/aromatic N) is 10. The number of alkyl halides is 1. The zero-order chi connectivity index (χ0) is 81.1. The molecule has 4 aromatic rings. The molecule has 0 radical (unpaired) electrons. The molecule has 2 unspecified atom stereocenters. The predicted molar refractivity (Wildman–Crippen MR) is 408 cm³/mol. The van der Waals surface area contributed by atoms with Gasteiger partial charge in [0, 0.05) is 30.3 Å². The molecule has 4 aliphatic heterocycles. The van der Waals surface area contributed by atoms with Crippen molar-refractivity contribution < 1.29 is 104 Å². The van der Waals surface area contributed by atoms with Crippen LogP contribution in [-0.4, -0.2) is 228 Å². The van der Waals surface area contributed by atoms with Crippen molar-refractivity contribution in [3.63, 3.8) is 0 Å². The van der Waals surface area contributed by atoms with Gasteiger partial charge in [-0.3, -0.25) is 19.4 Å². The molecule has 109 heavy (non-hydrogen) atoms. The first-order valence-corrected chi connectivity index (χ1v) is 44.1. The van der Waals surface area contributed by atoms with Crippen LogP contribution in [0.4, 0.5) is 21.2 Å². The Morgan fingerprint density at radius 1 is 0.578 bits per heavy atom. The van der Waals surface area contributed by atoms with Crippen LogP contribution in [0.15, 0.2) is 12.4 Å². The van der Waals surface area contributed by atoms with E-state index >= 15 is 0 Å². The van der Waals surface area contributed by atoms with E-state index in [1.165, 1.54) is 36.0 Å². The highest BCUT2D eigenvalue weighted by atomic mass is 79.9. The largest absolute Gasteiger partial charge is 0.464 e. The van der Waals surface area contributed by atoms with Gasteiger partial charge in [-0.15, -0.1) is 0 Å². The Morgan fingerprint density at radius 3 is 1.33 bits per heavy atom. The van der Waals surface area contributed by atoms with Gasteiger partial charge in [0.1, 0.15) is 73.3 Å². The molecule has 8 heterocycles. The summed E-state index contributed by atoms with van der Waals surface area (Å²) in [5, 5.41) is 8.66. The number of amides is 2. The monoisotopic (exact) mass is 1680 g/mol. The van der Waals surface area contributed by atoms with E-state index < -0.39 is 133 Å². The highest BCUT2D eigenvalue weighted by Crippen LogP contribution is 2.57. The molecule has 0 N–H and O–H groups in total. The summed E-state index contributed by atoms with van der Waals surface area (Å²) < 4.78 is 113. The van der Waals surface area contributed by atoms with Crippen molar-refractivity contribution in [2.24, 2.45) is 0 Å². The van der Waals surface area contributed by atoms with Gasteiger partial charge in [0.05, 0.1) is 56.0 Å². The van der Waals surface area contributed by atoms with E-state index in [0.717, 1.165) is 51.4 Å². The lowest BCUT2D eigenvalue weighted by molar-refractivity contribution is -0.208. The first kappa shape index (κ1) is 89.3. The third-order valence-electron chi connectivity index (χ3n) is 17.8. The minimum atomic E-state index is -3.48. The molecule has 0 aromatic carbocycles. The minimum absolute atomic E-state index is 0.000889. The van der Waals surface area contributed by atoms with Gasteiger partial charge in [-0.1, -0.05) is 41.6 Å². The molecular formula is C72H111BrCl2N10O22P2. The Kier molecular flexibility index (Phi) is 28.8. The second-order valence-corrected chi connectivity index (χ2v) is 41.5. The van der Waals surface area contributed by atoms with Crippen molar-refractivity contribution in [2.75, 3.05) is 68.2 Å². The lowest BCUT2D eigenvalue weighted by Crippen LogP contribution is -2.46. The van der Waals surface area contributed by atoms with E-state index in [9.17, 15) is 37.9 Å². The van der Waals surface area contributed by atoms with Gasteiger partial charge in [0.2, 0.25) is 21.8 Å². The molecule has 0 bridgehead atoms. The Bertz CT molecular complexity index is 3990. The summed E-state index contributed by atoms with van der Waals surface area (Å²) in [6.07, 6.45) is 2.78. The Hall–Kier alpha value is -5.28. The predicted octanol–water partition coefficient (Wildman–Crippen LogP) is 13.8. The number of hydrogen-bond donors (Lipinski definition) is 0. The van der Waals surface area contributed by atoms with E-state index in [1.807, 2.05) is 41.5 Å². The van der Waals surface area contributed by atoms with Gasteiger partial charge in [0.15, 0.2) is 47.0 Å². The molecule has 37 heteroatoms. The smallest absolute Gasteiger partial charge is 0.416 e. The normalized spacial score (nSPS) is 23.7. The fourth-order valence-corrected chi connectivity index (χ4v) is 16.8. The number of hydrogen-bond acceptors (Lipinski definition) is 28. The molecule has 6 aliphatic rings. The standard InChI is InChI=1S/C36H55ClN5O11P.C29H43ClN5O9P.C7H13BrO2/c1-12-47-30(44)36(54(10,11)46,18-17-24(43)50-33(2,3)4)48-20-23-25-26(52-35(8,9)51-25)29(49-23)42-28-22(19-38-42)27(39-31(37)40-28)41(21-15-13-14-16-21)32(45)53-34(5,6)7;1-9-39-24(36)25(45(7,8)38)40-15-18-19-20(43-29(5,6)42-19)23(41-18)35-22-17(14-31-35)21(32-26(30)33-22)34(16-12-10-11-13-16)27(37)44-28(2,3)4;1-7(2,3)10-6(9)4-5-8/h19,21,23,25-26,29H,12-18,20H2,1-11H3;14,16,18-20,23,25H,9-13,15H2,1-8H3;4-5H2,1-3H3/t23-,25-,26-,29-,36?;18-,19-,20-,23-,25?;/m11./s1. The van der Waals surface area contributed by atoms with E-state index in [1.54, 1.807) is 105 Å². The van der Waals surface area contributed by atoms with Crippen LogP contribution in [0.3, 0.4) is 0 Å². The number of carbonyl (C=O) groups is 6. The van der Waals surface area contributed by atoms with E-state index in [-0.39, 0.29) is 85.0 Å². The SMILES string of the molecule is CC(C)(C)OC(=O)CCBr.CCOC(=O)C(CCC(=O)OC(C)(C)C)(OC[C@H]1O[C@@H](n2ncc3c(N(C(=O)OC(C)(C)C)C4CCCC4)nc(Cl)nc32)[C@@H]2OC(C)(C)O[C@@H]21)P(C)(C)=O.CCOC(=O)C(OC[C@H]1O[C@@H](n2ncc3c(N(C(=O)OC(C)(C)C)C4CCCC4)nc(Cl)nc32)[C@@H]2OC(C)(C)O[C@@H]21)P(C)(C)=O. The van der Waals surface area contributed by atoms with Gasteiger partial charge >= 0.3 is 36.1 Å². The molecule has 4 saturated heterocycles. The summed E-state index contributed by atoms with van der Waals surface area (Å²) in [5.41, 5.74) is -1.99. The zero-order valence-corrected chi connectivity index (χ0v) is 71.7. The van der Waals surface area contributed by atoms with Crippen molar-refractivity contribution in [1.82, 2.24) is 39.5 Å². The summed E-state index contributed by atoms with van der Waals surface area (Å²) in [6, 6.07) is -0.291. The number of esters is 4. The van der Waals surface area contributed by atoms with Crippen molar-refractivity contribution in [3.8, 4) is 0 Å². The maximum Gasteiger partial charge on any atom is 0.416 e. The first-order valence-electron chi connectivity index (χ1n) is 37.0. The third kappa shape index (κ3) is 22.8. The zero-order valence-electron chi connectivity index (χ0n) is 66.8. The van der Waals surface area contributed by atoms with Crippen molar-refractivity contribution >= 4 is 123 Å². The Morgan fingerprint density at radius 2 is 0.963 bits per heavy atom. The molecule has 32 nitrogen and oxygen atoms in total. The van der Waals surface area contributed by atoms with Crippen LogP contribution in [0, 0.1) is 0 Å². The van der Waals surface area contributed by atoms with Crippen LogP contribution in [0.5, 0.6) is 0 Å². The average Bonchev–Trinajstić information content (AvgIpc) is 1.59.